The van der Waals surface area contributed by atoms with Crippen molar-refractivity contribution in [3.63, 3.8) is 0 Å². The van der Waals surface area contributed by atoms with Crippen LogP contribution in [0.2, 0.25) is 0 Å². The van der Waals surface area contributed by atoms with Crippen LogP contribution >= 0.6 is 0 Å². The van der Waals surface area contributed by atoms with Crippen LogP contribution in [-0.4, -0.2) is 32.1 Å². The van der Waals surface area contributed by atoms with Gasteiger partial charge >= 0.3 is 0 Å². The zero-order chi connectivity index (χ0) is 13.7. The van der Waals surface area contributed by atoms with Crippen molar-refractivity contribution in [1.82, 2.24) is 10.6 Å². The summed E-state index contributed by atoms with van der Waals surface area (Å²) in [6.45, 7) is 3.71. The molecule has 0 spiro atoms. The molecule has 1 amide bonds. The number of rotatable bonds is 4. The first kappa shape index (κ1) is 13.9. The van der Waals surface area contributed by atoms with Gasteiger partial charge in [0.2, 0.25) is 0 Å². The predicted octanol–water partition coefficient (Wildman–Crippen LogP) is 1.88. The molecule has 1 aromatic rings. The topological polar surface area (TPSA) is 50.4 Å². The lowest BCUT2D eigenvalue weighted by atomic mass is 10.0. The minimum Gasteiger partial charge on any atom is -0.496 e. The van der Waals surface area contributed by atoms with E-state index in [0.29, 0.717) is 18.2 Å². The van der Waals surface area contributed by atoms with Gasteiger partial charge in [0.15, 0.2) is 0 Å². The number of carbonyl (C=O) groups is 1. The Kier molecular flexibility index (Phi) is 4.80. The maximum Gasteiger partial charge on any atom is 0.251 e. The van der Waals surface area contributed by atoms with Gasteiger partial charge in [0, 0.05) is 18.2 Å². The number of benzene rings is 1. The minimum atomic E-state index is -0.0364. The van der Waals surface area contributed by atoms with Crippen molar-refractivity contribution in [2.24, 2.45) is 0 Å². The van der Waals surface area contributed by atoms with E-state index < -0.39 is 0 Å². The molecule has 1 aromatic carbocycles. The van der Waals surface area contributed by atoms with Gasteiger partial charge in [-0.15, -0.1) is 0 Å². The molecule has 1 saturated heterocycles. The molecule has 19 heavy (non-hydrogen) atoms. The Bertz CT molecular complexity index is 440. The second-order valence-electron chi connectivity index (χ2n) is 5.04. The number of hydrogen-bond acceptors (Lipinski definition) is 3. The lowest BCUT2D eigenvalue weighted by Crippen LogP contribution is -2.43. The van der Waals surface area contributed by atoms with E-state index in [1.165, 1.54) is 12.8 Å². The van der Waals surface area contributed by atoms with Crippen LogP contribution < -0.4 is 15.4 Å². The van der Waals surface area contributed by atoms with Crippen LogP contribution in [0.1, 0.15) is 35.2 Å². The normalized spacial score (nSPS) is 18.9. The van der Waals surface area contributed by atoms with Gasteiger partial charge in [0.1, 0.15) is 5.75 Å². The molecule has 0 aliphatic carbocycles. The molecule has 0 aromatic heterocycles. The molecular weight excluding hydrogens is 240 g/mol. The molecule has 2 N–H and O–H groups in total. The van der Waals surface area contributed by atoms with Crippen molar-refractivity contribution in [2.45, 2.75) is 32.2 Å². The monoisotopic (exact) mass is 262 g/mol. The van der Waals surface area contributed by atoms with Crippen molar-refractivity contribution >= 4 is 5.91 Å². The molecule has 0 bridgehead atoms. The summed E-state index contributed by atoms with van der Waals surface area (Å²) in [6, 6.07) is 5.94. The van der Waals surface area contributed by atoms with E-state index in [4.69, 9.17) is 4.74 Å². The zero-order valence-corrected chi connectivity index (χ0v) is 11.7. The van der Waals surface area contributed by atoms with E-state index in [1.54, 1.807) is 13.2 Å². The van der Waals surface area contributed by atoms with Crippen molar-refractivity contribution in [3.8, 4) is 5.75 Å². The molecule has 1 aliphatic heterocycles. The maximum absolute atomic E-state index is 12.1. The van der Waals surface area contributed by atoms with Gasteiger partial charge in [-0.1, -0.05) is 12.5 Å². The van der Waals surface area contributed by atoms with Gasteiger partial charge in [0.05, 0.1) is 7.11 Å². The molecule has 1 heterocycles. The summed E-state index contributed by atoms with van der Waals surface area (Å²) in [6.07, 6.45) is 3.61. The molecular formula is C15H22N2O2. The number of nitrogens with one attached hydrogen (secondary N) is 2. The first-order valence-corrected chi connectivity index (χ1v) is 6.87. The Morgan fingerprint density at radius 1 is 1.47 bits per heavy atom. The summed E-state index contributed by atoms with van der Waals surface area (Å²) in [4.78, 5) is 12.1. The number of amides is 1. The van der Waals surface area contributed by atoms with E-state index in [-0.39, 0.29) is 5.91 Å². The minimum absolute atomic E-state index is 0.0364. The third kappa shape index (κ3) is 3.70. The van der Waals surface area contributed by atoms with E-state index in [2.05, 4.69) is 10.6 Å². The van der Waals surface area contributed by atoms with Gasteiger partial charge in [0.25, 0.3) is 5.91 Å². The van der Waals surface area contributed by atoms with E-state index in [9.17, 15) is 4.79 Å². The summed E-state index contributed by atoms with van der Waals surface area (Å²) in [5.41, 5.74) is 1.69. The molecule has 0 radical (unpaired) electrons. The predicted molar refractivity (Wildman–Crippen MR) is 75.7 cm³/mol. The average molecular weight is 262 g/mol. The second-order valence-corrected chi connectivity index (χ2v) is 5.04. The van der Waals surface area contributed by atoms with Crippen LogP contribution in [0.25, 0.3) is 0 Å². The van der Waals surface area contributed by atoms with Crippen LogP contribution in [0, 0.1) is 6.92 Å². The first-order chi connectivity index (χ1) is 9.20. The summed E-state index contributed by atoms with van der Waals surface area (Å²) in [7, 11) is 1.62. The molecule has 1 atom stereocenters. The van der Waals surface area contributed by atoms with Crippen LogP contribution in [0.3, 0.4) is 0 Å². The zero-order valence-electron chi connectivity index (χ0n) is 11.7. The van der Waals surface area contributed by atoms with E-state index in [0.717, 1.165) is 24.3 Å². The highest BCUT2D eigenvalue weighted by molar-refractivity contribution is 5.94. The quantitative estimate of drug-likeness (QED) is 0.871. The Balaban J connectivity index is 1.92. The molecule has 1 aliphatic rings. The smallest absolute Gasteiger partial charge is 0.251 e. The highest BCUT2D eigenvalue weighted by atomic mass is 16.5. The molecule has 4 nitrogen and oxygen atoms in total. The fraction of sp³-hybridized carbons (Fsp3) is 0.533. The van der Waals surface area contributed by atoms with Crippen LogP contribution in [0.4, 0.5) is 0 Å². The molecule has 104 valence electrons. The van der Waals surface area contributed by atoms with Crippen LogP contribution in [-0.2, 0) is 0 Å². The Morgan fingerprint density at radius 3 is 3.00 bits per heavy atom. The van der Waals surface area contributed by atoms with Crippen molar-refractivity contribution in [1.29, 1.82) is 0 Å². The number of hydrogen-bond donors (Lipinski definition) is 2. The van der Waals surface area contributed by atoms with Crippen molar-refractivity contribution < 1.29 is 9.53 Å². The lowest BCUT2D eigenvalue weighted by molar-refractivity contribution is 0.0947. The van der Waals surface area contributed by atoms with E-state index in [1.807, 2.05) is 19.1 Å². The SMILES string of the molecule is COc1cc(C(=O)NCC2CCCCN2)ccc1C. The number of piperidine rings is 1. The van der Waals surface area contributed by atoms with Crippen LogP contribution in [0.15, 0.2) is 18.2 Å². The summed E-state index contributed by atoms with van der Waals surface area (Å²) in [5, 5.41) is 6.40. The number of aryl methyl sites for hydroxylation is 1. The highest BCUT2D eigenvalue weighted by Crippen LogP contribution is 2.18. The number of carbonyl (C=O) groups excluding carboxylic acids is 1. The van der Waals surface area contributed by atoms with Gasteiger partial charge in [-0.05, 0) is 44.0 Å². The van der Waals surface area contributed by atoms with Crippen LogP contribution in [0.5, 0.6) is 5.75 Å². The van der Waals surface area contributed by atoms with Gasteiger partial charge in [-0.25, -0.2) is 0 Å². The Morgan fingerprint density at radius 2 is 2.32 bits per heavy atom. The van der Waals surface area contributed by atoms with E-state index >= 15 is 0 Å². The molecule has 1 unspecified atom stereocenters. The third-order valence-electron chi connectivity index (χ3n) is 3.59. The summed E-state index contributed by atoms with van der Waals surface area (Å²) >= 11 is 0. The largest absolute Gasteiger partial charge is 0.496 e. The maximum atomic E-state index is 12.1. The number of methoxy groups -OCH3 is 1. The Labute approximate surface area is 114 Å². The number of ether oxygens (including phenoxy) is 1. The highest BCUT2D eigenvalue weighted by Gasteiger charge is 2.14. The fourth-order valence-corrected chi connectivity index (χ4v) is 2.38. The fourth-order valence-electron chi connectivity index (χ4n) is 2.38. The van der Waals surface area contributed by atoms with Gasteiger partial charge in [-0.3, -0.25) is 4.79 Å². The summed E-state index contributed by atoms with van der Waals surface area (Å²) in [5.74, 6) is 0.717. The third-order valence-corrected chi connectivity index (χ3v) is 3.59. The first-order valence-electron chi connectivity index (χ1n) is 6.87. The molecule has 4 heteroatoms. The molecule has 2 rings (SSSR count). The average Bonchev–Trinajstić information content (AvgIpc) is 2.46. The standard InChI is InChI=1S/C15H22N2O2/c1-11-6-7-12(9-14(11)19-2)15(18)17-10-13-5-3-4-8-16-13/h6-7,9,13,16H,3-5,8,10H2,1-2H3,(H,17,18). The Hall–Kier alpha value is -1.55. The summed E-state index contributed by atoms with van der Waals surface area (Å²) < 4.78 is 5.24. The lowest BCUT2D eigenvalue weighted by Gasteiger charge is -2.23. The molecule has 1 fully saturated rings. The second kappa shape index (κ2) is 6.57. The van der Waals surface area contributed by atoms with Crippen molar-refractivity contribution in [3.05, 3.63) is 29.3 Å². The molecule has 0 saturated carbocycles. The van der Waals surface area contributed by atoms with Crippen molar-refractivity contribution in [2.75, 3.05) is 20.2 Å². The van der Waals surface area contributed by atoms with Gasteiger partial charge in [-0.2, -0.15) is 0 Å². The van der Waals surface area contributed by atoms with Gasteiger partial charge < -0.3 is 15.4 Å².